The summed E-state index contributed by atoms with van der Waals surface area (Å²) in [5.74, 6) is 3.01. The molecule has 0 saturated carbocycles. The van der Waals surface area contributed by atoms with Gasteiger partial charge in [-0.25, -0.2) is 9.97 Å². The third-order valence-corrected chi connectivity index (χ3v) is 4.19. The van der Waals surface area contributed by atoms with E-state index in [2.05, 4.69) is 49.8 Å². The van der Waals surface area contributed by atoms with Crippen molar-refractivity contribution in [3.8, 4) is 0 Å². The van der Waals surface area contributed by atoms with Crippen LogP contribution in [0.2, 0.25) is 0 Å². The van der Waals surface area contributed by atoms with Crippen LogP contribution >= 0.6 is 0 Å². The first-order chi connectivity index (χ1) is 9.74. The van der Waals surface area contributed by atoms with Crippen molar-refractivity contribution < 1.29 is 5.11 Å². The molecule has 5 nitrogen and oxygen atoms in total. The Hall–Kier alpha value is -1.36. The van der Waals surface area contributed by atoms with E-state index in [9.17, 15) is 5.11 Å². The summed E-state index contributed by atoms with van der Waals surface area (Å²) in [4.78, 5) is 11.8. The first-order valence-corrected chi connectivity index (χ1v) is 7.74. The first kappa shape index (κ1) is 16.0. The maximum absolute atomic E-state index is 9.92. The number of nitrogens with zero attached hydrogens (tertiary/aromatic N) is 3. The second kappa shape index (κ2) is 5.79. The summed E-state index contributed by atoms with van der Waals surface area (Å²) < 4.78 is 0. The van der Waals surface area contributed by atoms with E-state index in [0.29, 0.717) is 0 Å². The zero-order chi connectivity index (χ0) is 15.8. The highest BCUT2D eigenvalue weighted by atomic mass is 16.3. The SMILES string of the molecule is CNc1nc(C(C)(C)C)nc(N2CCC(O)C(C)C2)c1C. The zero-order valence-corrected chi connectivity index (χ0v) is 14.1. The van der Waals surface area contributed by atoms with Crippen LogP contribution < -0.4 is 10.2 Å². The first-order valence-electron chi connectivity index (χ1n) is 7.74. The molecule has 2 rings (SSSR count). The molecule has 0 aliphatic carbocycles. The van der Waals surface area contributed by atoms with Gasteiger partial charge in [0, 0.05) is 31.1 Å². The zero-order valence-electron chi connectivity index (χ0n) is 14.1. The number of aromatic nitrogens is 2. The minimum Gasteiger partial charge on any atom is -0.393 e. The van der Waals surface area contributed by atoms with Crippen LogP contribution in [0.3, 0.4) is 0 Å². The number of hydrogen-bond acceptors (Lipinski definition) is 5. The molecule has 2 atom stereocenters. The number of rotatable bonds is 2. The minimum atomic E-state index is -0.200. The van der Waals surface area contributed by atoms with Gasteiger partial charge in [0.1, 0.15) is 17.5 Å². The van der Waals surface area contributed by atoms with E-state index in [1.807, 2.05) is 7.05 Å². The molecule has 21 heavy (non-hydrogen) atoms. The summed E-state index contributed by atoms with van der Waals surface area (Å²) in [5, 5.41) is 13.1. The molecular formula is C16H28N4O. The van der Waals surface area contributed by atoms with Gasteiger partial charge in [0.2, 0.25) is 0 Å². The predicted octanol–water partition coefficient (Wildman–Crippen LogP) is 2.33. The third-order valence-electron chi connectivity index (χ3n) is 4.19. The molecule has 1 aromatic rings. The molecule has 0 bridgehead atoms. The summed E-state index contributed by atoms with van der Waals surface area (Å²) in [5.41, 5.74) is 0.990. The molecule has 1 saturated heterocycles. The second-order valence-corrected chi connectivity index (χ2v) is 7.12. The molecule has 1 aromatic heterocycles. The van der Waals surface area contributed by atoms with Crippen molar-refractivity contribution in [1.29, 1.82) is 0 Å². The molecule has 1 aliphatic heterocycles. The smallest absolute Gasteiger partial charge is 0.138 e. The average molecular weight is 292 g/mol. The lowest BCUT2D eigenvalue weighted by Gasteiger charge is -2.36. The summed E-state index contributed by atoms with van der Waals surface area (Å²) in [6, 6.07) is 0. The number of aliphatic hydroxyl groups is 1. The Morgan fingerprint density at radius 3 is 2.48 bits per heavy atom. The number of aliphatic hydroxyl groups excluding tert-OH is 1. The van der Waals surface area contributed by atoms with Crippen LogP contribution in [0, 0.1) is 12.8 Å². The van der Waals surface area contributed by atoms with Gasteiger partial charge in [-0.3, -0.25) is 0 Å². The predicted molar refractivity (Wildman–Crippen MR) is 87.0 cm³/mol. The Balaban J connectivity index is 2.42. The van der Waals surface area contributed by atoms with Crippen molar-refractivity contribution in [2.75, 3.05) is 30.4 Å². The lowest BCUT2D eigenvalue weighted by molar-refractivity contribution is 0.0968. The molecule has 0 radical (unpaired) electrons. The van der Waals surface area contributed by atoms with Gasteiger partial charge in [0.05, 0.1) is 6.10 Å². The van der Waals surface area contributed by atoms with Gasteiger partial charge in [0.15, 0.2) is 0 Å². The fraction of sp³-hybridized carbons (Fsp3) is 0.750. The highest BCUT2D eigenvalue weighted by Crippen LogP contribution is 2.30. The Morgan fingerprint density at radius 1 is 1.29 bits per heavy atom. The maximum Gasteiger partial charge on any atom is 0.138 e. The van der Waals surface area contributed by atoms with Gasteiger partial charge < -0.3 is 15.3 Å². The van der Waals surface area contributed by atoms with Crippen molar-refractivity contribution in [2.24, 2.45) is 5.92 Å². The summed E-state index contributed by atoms with van der Waals surface area (Å²) in [6.45, 7) is 12.2. The van der Waals surface area contributed by atoms with Gasteiger partial charge in [0.25, 0.3) is 0 Å². The van der Waals surface area contributed by atoms with Crippen LogP contribution in [0.25, 0.3) is 0 Å². The van der Waals surface area contributed by atoms with E-state index in [-0.39, 0.29) is 17.4 Å². The van der Waals surface area contributed by atoms with E-state index in [0.717, 1.165) is 42.5 Å². The van der Waals surface area contributed by atoms with E-state index >= 15 is 0 Å². The maximum atomic E-state index is 9.92. The highest BCUT2D eigenvalue weighted by Gasteiger charge is 2.28. The summed E-state index contributed by atoms with van der Waals surface area (Å²) in [6.07, 6.45) is 0.596. The van der Waals surface area contributed by atoms with Crippen LogP contribution in [0.1, 0.15) is 45.5 Å². The Kier molecular flexibility index (Phi) is 4.42. The van der Waals surface area contributed by atoms with Crippen molar-refractivity contribution in [3.05, 3.63) is 11.4 Å². The third kappa shape index (κ3) is 3.28. The van der Waals surface area contributed by atoms with Gasteiger partial charge in [-0.1, -0.05) is 27.7 Å². The fourth-order valence-electron chi connectivity index (χ4n) is 2.72. The van der Waals surface area contributed by atoms with Crippen molar-refractivity contribution >= 4 is 11.6 Å². The number of nitrogens with one attached hydrogen (secondary N) is 1. The Bertz CT molecular complexity index is 510. The van der Waals surface area contributed by atoms with Crippen molar-refractivity contribution in [1.82, 2.24) is 9.97 Å². The molecule has 0 amide bonds. The second-order valence-electron chi connectivity index (χ2n) is 7.12. The van der Waals surface area contributed by atoms with Crippen LogP contribution in [0.4, 0.5) is 11.6 Å². The lowest BCUT2D eigenvalue weighted by atomic mass is 9.94. The highest BCUT2D eigenvalue weighted by molar-refractivity contribution is 5.59. The molecule has 2 unspecified atom stereocenters. The molecule has 0 spiro atoms. The molecule has 2 N–H and O–H groups in total. The van der Waals surface area contributed by atoms with E-state index in [1.165, 1.54) is 0 Å². The molecule has 118 valence electrons. The normalized spacial score (nSPS) is 23.3. The molecular weight excluding hydrogens is 264 g/mol. The molecule has 5 heteroatoms. The van der Waals surface area contributed by atoms with Gasteiger partial charge in [-0.2, -0.15) is 0 Å². The number of anilines is 2. The monoisotopic (exact) mass is 292 g/mol. The molecule has 1 aliphatic rings. The number of piperidine rings is 1. The largest absolute Gasteiger partial charge is 0.393 e. The summed E-state index contributed by atoms with van der Waals surface area (Å²) >= 11 is 0. The lowest BCUT2D eigenvalue weighted by Crippen LogP contribution is -2.43. The molecule has 0 aromatic carbocycles. The number of hydrogen-bond donors (Lipinski definition) is 2. The quantitative estimate of drug-likeness (QED) is 0.876. The molecule has 1 fully saturated rings. The Morgan fingerprint density at radius 2 is 1.95 bits per heavy atom. The minimum absolute atomic E-state index is 0.0883. The topological polar surface area (TPSA) is 61.3 Å². The molecule has 2 heterocycles. The van der Waals surface area contributed by atoms with E-state index in [1.54, 1.807) is 0 Å². The van der Waals surface area contributed by atoms with E-state index < -0.39 is 0 Å². The summed E-state index contributed by atoms with van der Waals surface area (Å²) in [7, 11) is 1.90. The van der Waals surface area contributed by atoms with E-state index in [4.69, 9.17) is 4.98 Å². The van der Waals surface area contributed by atoms with Crippen molar-refractivity contribution in [3.63, 3.8) is 0 Å². The van der Waals surface area contributed by atoms with Crippen LogP contribution in [-0.2, 0) is 5.41 Å². The van der Waals surface area contributed by atoms with Crippen molar-refractivity contribution in [2.45, 2.75) is 52.6 Å². The van der Waals surface area contributed by atoms with Gasteiger partial charge in [-0.15, -0.1) is 0 Å². The standard InChI is InChI=1S/C16H28N4O/c1-10-9-20(8-7-12(10)21)14-11(2)13(17-6)18-15(19-14)16(3,4)5/h10,12,21H,7-9H2,1-6H3,(H,17,18,19). The van der Waals surface area contributed by atoms with Crippen LogP contribution in [0.15, 0.2) is 0 Å². The van der Waals surface area contributed by atoms with Gasteiger partial charge >= 0.3 is 0 Å². The Labute approximate surface area is 127 Å². The average Bonchev–Trinajstić information content (AvgIpc) is 2.41. The van der Waals surface area contributed by atoms with Crippen LogP contribution in [-0.4, -0.2) is 41.3 Å². The fourth-order valence-corrected chi connectivity index (χ4v) is 2.72. The van der Waals surface area contributed by atoms with Gasteiger partial charge in [-0.05, 0) is 19.3 Å². The van der Waals surface area contributed by atoms with Crippen LogP contribution in [0.5, 0.6) is 0 Å².